The molecule has 0 aliphatic carbocycles. The Labute approximate surface area is 131 Å². The molecular formula is C14H24N2O3S2. The van der Waals surface area contributed by atoms with Gasteiger partial charge in [0.1, 0.15) is 0 Å². The summed E-state index contributed by atoms with van der Waals surface area (Å²) in [6.07, 6.45) is 2.05. The lowest BCUT2D eigenvalue weighted by molar-refractivity contribution is 0.0495. The van der Waals surface area contributed by atoms with E-state index in [9.17, 15) is 8.42 Å². The minimum atomic E-state index is -3.41. The molecule has 0 radical (unpaired) electrons. The molecule has 1 saturated heterocycles. The van der Waals surface area contributed by atoms with Gasteiger partial charge in [0, 0.05) is 36.5 Å². The average molecular weight is 332 g/mol. The Balaban J connectivity index is 2.12. The van der Waals surface area contributed by atoms with Crippen molar-refractivity contribution in [3.8, 4) is 0 Å². The Morgan fingerprint density at radius 3 is 2.90 bits per heavy atom. The number of nitrogens with one attached hydrogen (secondary N) is 1. The van der Waals surface area contributed by atoms with E-state index in [0.29, 0.717) is 30.5 Å². The van der Waals surface area contributed by atoms with E-state index in [1.807, 2.05) is 14.0 Å². The summed E-state index contributed by atoms with van der Waals surface area (Å²) in [4.78, 5) is 2.34. The lowest BCUT2D eigenvalue weighted by Crippen LogP contribution is -2.35. The van der Waals surface area contributed by atoms with Crippen molar-refractivity contribution in [3.63, 3.8) is 0 Å². The van der Waals surface area contributed by atoms with Crippen LogP contribution in [-0.4, -0.2) is 46.6 Å². The molecule has 1 unspecified atom stereocenters. The van der Waals surface area contributed by atoms with Crippen molar-refractivity contribution in [2.24, 2.45) is 5.92 Å². The van der Waals surface area contributed by atoms with Crippen LogP contribution in [0.5, 0.6) is 0 Å². The van der Waals surface area contributed by atoms with Crippen LogP contribution in [-0.2, 0) is 21.3 Å². The third kappa shape index (κ3) is 4.04. The predicted octanol–water partition coefficient (Wildman–Crippen LogP) is 1.82. The Morgan fingerprint density at radius 2 is 2.29 bits per heavy atom. The molecular weight excluding hydrogens is 308 g/mol. The molecule has 2 heterocycles. The first-order valence-corrected chi connectivity index (χ1v) is 9.48. The van der Waals surface area contributed by atoms with E-state index in [-0.39, 0.29) is 0 Å². The highest BCUT2D eigenvalue weighted by molar-refractivity contribution is 7.89. The van der Waals surface area contributed by atoms with Crippen LogP contribution in [0.4, 0.5) is 0 Å². The fourth-order valence-corrected chi connectivity index (χ4v) is 5.48. The Morgan fingerprint density at radius 1 is 1.52 bits per heavy atom. The van der Waals surface area contributed by atoms with Gasteiger partial charge in [-0.3, -0.25) is 0 Å². The van der Waals surface area contributed by atoms with Gasteiger partial charge in [-0.05, 0) is 38.8 Å². The molecule has 1 fully saturated rings. The van der Waals surface area contributed by atoms with Gasteiger partial charge in [-0.1, -0.05) is 0 Å². The molecule has 0 bridgehead atoms. The zero-order chi connectivity index (χ0) is 15.5. The van der Waals surface area contributed by atoms with Gasteiger partial charge in [0.05, 0.1) is 11.5 Å². The summed E-state index contributed by atoms with van der Waals surface area (Å²) < 4.78 is 32.3. The monoisotopic (exact) mass is 332 g/mol. The standard InChI is InChI=1S/C14H24N2O3S2/c1-11-14(7-13(20-11)8-15-2)21(17,18)16(3)9-12-5-4-6-19-10-12/h7,12,15H,4-6,8-10H2,1-3H3. The van der Waals surface area contributed by atoms with E-state index in [0.717, 1.165) is 29.2 Å². The van der Waals surface area contributed by atoms with Crippen molar-refractivity contribution in [1.82, 2.24) is 9.62 Å². The van der Waals surface area contributed by atoms with Crippen LogP contribution < -0.4 is 5.32 Å². The zero-order valence-corrected chi connectivity index (χ0v) is 14.5. The van der Waals surface area contributed by atoms with E-state index in [2.05, 4.69) is 5.32 Å². The van der Waals surface area contributed by atoms with Crippen LogP contribution in [0, 0.1) is 12.8 Å². The second-order valence-electron chi connectivity index (χ2n) is 5.53. The molecule has 1 aliphatic heterocycles. The molecule has 120 valence electrons. The first-order valence-electron chi connectivity index (χ1n) is 7.23. The second kappa shape index (κ2) is 7.19. The van der Waals surface area contributed by atoms with Crippen molar-refractivity contribution in [3.05, 3.63) is 15.8 Å². The highest BCUT2D eigenvalue weighted by atomic mass is 32.2. The van der Waals surface area contributed by atoms with Gasteiger partial charge in [0.15, 0.2) is 0 Å². The van der Waals surface area contributed by atoms with Crippen LogP contribution in [0.3, 0.4) is 0 Å². The molecule has 0 spiro atoms. The first-order chi connectivity index (χ1) is 9.95. The molecule has 7 heteroatoms. The number of thiophene rings is 1. The van der Waals surface area contributed by atoms with Crippen molar-refractivity contribution < 1.29 is 13.2 Å². The Kier molecular flexibility index (Phi) is 5.79. The largest absolute Gasteiger partial charge is 0.381 e. The summed E-state index contributed by atoms with van der Waals surface area (Å²) >= 11 is 1.54. The van der Waals surface area contributed by atoms with E-state index in [1.54, 1.807) is 13.1 Å². The molecule has 1 N–H and O–H groups in total. The lowest BCUT2D eigenvalue weighted by atomic mass is 10.0. The summed E-state index contributed by atoms with van der Waals surface area (Å²) in [5.74, 6) is 0.300. The van der Waals surface area contributed by atoms with Crippen molar-refractivity contribution in [2.45, 2.75) is 31.2 Å². The average Bonchev–Trinajstić information content (AvgIpc) is 2.82. The second-order valence-corrected chi connectivity index (χ2v) is 8.89. The summed E-state index contributed by atoms with van der Waals surface area (Å²) in [7, 11) is 0.119. The molecule has 0 aromatic carbocycles. The number of hydrogen-bond acceptors (Lipinski definition) is 5. The number of sulfonamides is 1. The van der Waals surface area contributed by atoms with E-state index >= 15 is 0 Å². The van der Waals surface area contributed by atoms with E-state index in [4.69, 9.17) is 4.74 Å². The van der Waals surface area contributed by atoms with Gasteiger partial charge in [0.25, 0.3) is 0 Å². The highest BCUT2D eigenvalue weighted by Crippen LogP contribution is 2.28. The minimum absolute atomic E-state index is 0.300. The molecule has 0 saturated carbocycles. The molecule has 5 nitrogen and oxygen atoms in total. The van der Waals surface area contributed by atoms with Gasteiger partial charge < -0.3 is 10.1 Å². The van der Waals surface area contributed by atoms with Gasteiger partial charge in [0.2, 0.25) is 10.0 Å². The molecule has 1 aromatic heterocycles. The smallest absolute Gasteiger partial charge is 0.243 e. The number of hydrogen-bond donors (Lipinski definition) is 1. The molecule has 0 amide bonds. The molecule has 1 aliphatic rings. The summed E-state index contributed by atoms with van der Waals surface area (Å²) in [5.41, 5.74) is 0. The molecule has 1 atom stereocenters. The topological polar surface area (TPSA) is 58.6 Å². The first kappa shape index (κ1) is 16.9. The van der Waals surface area contributed by atoms with Gasteiger partial charge in [-0.2, -0.15) is 0 Å². The van der Waals surface area contributed by atoms with Gasteiger partial charge >= 0.3 is 0 Å². The van der Waals surface area contributed by atoms with Crippen LogP contribution >= 0.6 is 11.3 Å². The van der Waals surface area contributed by atoms with Crippen molar-refractivity contribution in [2.75, 3.05) is 33.9 Å². The molecule has 1 aromatic rings. The summed E-state index contributed by atoms with van der Waals surface area (Å²) in [6.45, 7) is 4.55. The molecule has 21 heavy (non-hydrogen) atoms. The number of rotatable bonds is 6. The minimum Gasteiger partial charge on any atom is -0.381 e. The third-order valence-electron chi connectivity index (χ3n) is 3.73. The number of nitrogens with zero attached hydrogens (tertiary/aromatic N) is 1. The number of ether oxygens (including phenoxy) is 1. The van der Waals surface area contributed by atoms with Gasteiger partial charge in [-0.25, -0.2) is 12.7 Å². The predicted molar refractivity (Wildman–Crippen MR) is 85.2 cm³/mol. The fraction of sp³-hybridized carbons (Fsp3) is 0.714. The van der Waals surface area contributed by atoms with Gasteiger partial charge in [-0.15, -0.1) is 11.3 Å². The summed E-state index contributed by atoms with van der Waals surface area (Å²) in [5, 5.41) is 3.06. The number of aryl methyl sites for hydroxylation is 1. The van der Waals surface area contributed by atoms with Crippen molar-refractivity contribution >= 4 is 21.4 Å². The third-order valence-corrected chi connectivity index (χ3v) is 6.86. The zero-order valence-electron chi connectivity index (χ0n) is 12.9. The van der Waals surface area contributed by atoms with Crippen LogP contribution in [0.1, 0.15) is 22.6 Å². The Bertz CT molecular complexity index is 563. The maximum absolute atomic E-state index is 12.7. The normalized spacial score (nSPS) is 20.1. The maximum atomic E-state index is 12.7. The highest BCUT2D eigenvalue weighted by Gasteiger charge is 2.27. The lowest BCUT2D eigenvalue weighted by Gasteiger charge is -2.26. The SMILES string of the molecule is CNCc1cc(S(=O)(=O)N(C)CC2CCCOC2)c(C)s1. The van der Waals surface area contributed by atoms with E-state index < -0.39 is 10.0 Å². The van der Waals surface area contributed by atoms with E-state index in [1.165, 1.54) is 15.6 Å². The fourth-order valence-electron chi connectivity index (χ4n) is 2.62. The van der Waals surface area contributed by atoms with Crippen LogP contribution in [0.2, 0.25) is 0 Å². The maximum Gasteiger partial charge on any atom is 0.243 e. The Hall–Kier alpha value is -0.470. The van der Waals surface area contributed by atoms with Crippen LogP contribution in [0.15, 0.2) is 11.0 Å². The summed E-state index contributed by atoms with van der Waals surface area (Å²) in [6, 6.07) is 1.79. The molecule has 2 rings (SSSR count). The quantitative estimate of drug-likeness (QED) is 0.863. The van der Waals surface area contributed by atoms with Crippen LogP contribution in [0.25, 0.3) is 0 Å². The van der Waals surface area contributed by atoms with Crippen molar-refractivity contribution in [1.29, 1.82) is 0 Å².